The molecule has 0 saturated heterocycles. The molecule has 0 unspecified atom stereocenters. The molecule has 4 heterocycles. The molecule has 4 aromatic rings. The van der Waals surface area contributed by atoms with Crippen LogP contribution >= 0.6 is 0 Å². The SMILES string of the molecule is C#Cc1cc(C)c(-c2nn3c(c2-c2ccc(Oc4nccc(C)n4)c(F)c2)COCC3)cn1. The number of aryl methyl sites for hydroxylation is 2. The molecule has 1 aromatic carbocycles. The zero-order chi connectivity index (χ0) is 22.9. The molecule has 0 atom stereocenters. The summed E-state index contributed by atoms with van der Waals surface area (Å²) in [4.78, 5) is 12.5. The Kier molecular flexibility index (Phi) is 5.32. The van der Waals surface area contributed by atoms with Gasteiger partial charge in [0.1, 0.15) is 11.4 Å². The lowest BCUT2D eigenvalue weighted by Crippen LogP contribution is -2.17. The fourth-order valence-corrected chi connectivity index (χ4v) is 3.84. The molecular formula is C25H20FN5O2. The summed E-state index contributed by atoms with van der Waals surface area (Å²) in [5.74, 6) is 2.06. The number of pyridine rings is 1. The van der Waals surface area contributed by atoms with Crippen LogP contribution in [0.2, 0.25) is 0 Å². The number of hydrogen-bond acceptors (Lipinski definition) is 6. The van der Waals surface area contributed by atoms with Crippen molar-refractivity contribution in [3.8, 4) is 46.5 Å². The summed E-state index contributed by atoms with van der Waals surface area (Å²) in [6.07, 6.45) is 8.77. The maximum atomic E-state index is 15.1. The van der Waals surface area contributed by atoms with E-state index in [1.165, 1.54) is 6.07 Å². The number of terminal acetylenes is 1. The number of fused-ring (bicyclic) bond motifs is 1. The van der Waals surface area contributed by atoms with Crippen molar-refractivity contribution in [2.45, 2.75) is 27.0 Å². The summed E-state index contributed by atoms with van der Waals surface area (Å²) < 4.78 is 28.3. The predicted molar refractivity (Wildman–Crippen MR) is 120 cm³/mol. The van der Waals surface area contributed by atoms with E-state index < -0.39 is 5.82 Å². The van der Waals surface area contributed by atoms with E-state index >= 15 is 4.39 Å². The normalized spacial score (nSPS) is 12.8. The maximum absolute atomic E-state index is 15.1. The average molecular weight is 441 g/mol. The Morgan fingerprint density at radius 3 is 2.82 bits per heavy atom. The molecule has 1 aliphatic heterocycles. The molecule has 0 amide bonds. The van der Waals surface area contributed by atoms with E-state index in [1.807, 2.05) is 24.6 Å². The lowest BCUT2D eigenvalue weighted by Gasteiger charge is -2.16. The smallest absolute Gasteiger partial charge is 0.322 e. The molecule has 0 radical (unpaired) electrons. The largest absolute Gasteiger partial charge is 0.421 e. The Bertz CT molecular complexity index is 1410. The van der Waals surface area contributed by atoms with Crippen molar-refractivity contribution in [1.82, 2.24) is 24.7 Å². The van der Waals surface area contributed by atoms with Gasteiger partial charge in [-0.2, -0.15) is 5.10 Å². The molecule has 33 heavy (non-hydrogen) atoms. The maximum Gasteiger partial charge on any atom is 0.322 e. The number of hydrogen-bond donors (Lipinski definition) is 0. The van der Waals surface area contributed by atoms with Crippen LogP contribution in [-0.4, -0.2) is 31.3 Å². The van der Waals surface area contributed by atoms with Crippen LogP contribution in [0.15, 0.2) is 42.7 Å². The summed E-state index contributed by atoms with van der Waals surface area (Å²) in [6, 6.07) is 8.47. The van der Waals surface area contributed by atoms with Crippen LogP contribution in [0.3, 0.4) is 0 Å². The minimum Gasteiger partial charge on any atom is -0.421 e. The summed E-state index contributed by atoms with van der Waals surface area (Å²) >= 11 is 0. The van der Waals surface area contributed by atoms with Crippen molar-refractivity contribution in [2.24, 2.45) is 0 Å². The summed E-state index contributed by atoms with van der Waals surface area (Å²) in [5, 5.41) is 4.81. The molecule has 0 aliphatic carbocycles. The van der Waals surface area contributed by atoms with Gasteiger partial charge < -0.3 is 9.47 Å². The van der Waals surface area contributed by atoms with Crippen LogP contribution in [0, 0.1) is 32.0 Å². The molecule has 0 saturated carbocycles. The highest BCUT2D eigenvalue weighted by molar-refractivity contribution is 5.84. The zero-order valence-corrected chi connectivity index (χ0v) is 18.2. The third-order valence-electron chi connectivity index (χ3n) is 5.45. The Labute approximate surface area is 190 Å². The van der Waals surface area contributed by atoms with Crippen molar-refractivity contribution >= 4 is 0 Å². The first kappa shape index (κ1) is 20.8. The Morgan fingerprint density at radius 1 is 1.18 bits per heavy atom. The Morgan fingerprint density at radius 2 is 2.06 bits per heavy atom. The second kappa shape index (κ2) is 8.45. The van der Waals surface area contributed by atoms with Crippen LogP contribution in [0.4, 0.5) is 4.39 Å². The molecule has 5 rings (SSSR count). The second-order valence-electron chi connectivity index (χ2n) is 7.70. The molecular weight excluding hydrogens is 421 g/mol. The van der Waals surface area contributed by atoms with Gasteiger partial charge in [-0.1, -0.05) is 12.0 Å². The van der Waals surface area contributed by atoms with E-state index in [9.17, 15) is 0 Å². The van der Waals surface area contributed by atoms with Gasteiger partial charge in [0.25, 0.3) is 0 Å². The van der Waals surface area contributed by atoms with Crippen molar-refractivity contribution in [3.05, 3.63) is 71.2 Å². The molecule has 7 nitrogen and oxygen atoms in total. The standard InChI is InChI=1S/C25H20FN5O2/c1-4-18-11-15(2)19(13-28-18)24-23(21-14-32-10-9-31(21)30-24)17-5-6-22(20(26)12-17)33-25-27-8-7-16(3)29-25/h1,5-8,11-13H,9-10,14H2,2-3H3. The minimum absolute atomic E-state index is 0.0411. The first-order valence-electron chi connectivity index (χ1n) is 10.4. The zero-order valence-electron chi connectivity index (χ0n) is 18.2. The van der Waals surface area contributed by atoms with Gasteiger partial charge in [-0.25, -0.2) is 19.3 Å². The number of nitrogens with zero attached hydrogens (tertiary/aromatic N) is 5. The monoisotopic (exact) mass is 441 g/mol. The fraction of sp³-hybridized carbons (Fsp3) is 0.200. The first-order valence-corrected chi connectivity index (χ1v) is 10.4. The summed E-state index contributed by atoms with van der Waals surface area (Å²) in [7, 11) is 0. The van der Waals surface area contributed by atoms with Crippen LogP contribution in [0.5, 0.6) is 11.8 Å². The molecule has 0 spiro atoms. The van der Waals surface area contributed by atoms with Crippen LogP contribution < -0.4 is 4.74 Å². The van der Waals surface area contributed by atoms with E-state index in [-0.39, 0.29) is 11.8 Å². The highest BCUT2D eigenvalue weighted by Crippen LogP contribution is 2.38. The quantitative estimate of drug-likeness (QED) is 0.435. The minimum atomic E-state index is -0.530. The van der Waals surface area contributed by atoms with E-state index in [0.29, 0.717) is 36.7 Å². The van der Waals surface area contributed by atoms with Gasteiger partial charge in [0.2, 0.25) is 0 Å². The van der Waals surface area contributed by atoms with Crippen molar-refractivity contribution < 1.29 is 13.9 Å². The Balaban J connectivity index is 1.60. The van der Waals surface area contributed by atoms with Gasteiger partial charge in [0.15, 0.2) is 11.6 Å². The van der Waals surface area contributed by atoms with E-state index in [0.717, 1.165) is 28.1 Å². The molecule has 3 aromatic heterocycles. The topological polar surface area (TPSA) is 75.0 Å². The van der Waals surface area contributed by atoms with Crippen LogP contribution in [-0.2, 0) is 17.9 Å². The predicted octanol–water partition coefficient (Wildman–Crippen LogP) is 4.46. The van der Waals surface area contributed by atoms with Gasteiger partial charge >= 0.3 is 6.01 Å². The molecule has 0 bridgehead atoms. The number of aromatic nitrogens is 5. The van der Waals surface area contributed by atoms with E-state index in [2.05, 4.69) is 20.9 Å². The molecule has 0 N–H and O–H groups in total. The Hall–Kier alpha value is -4.09. The molecule has 164 valence electrons. The lowest BCUT2D eigenvalue weighted by molar-refractivity contribution is 0.0805. The first-order chi connectivity index (χ1) is 16.0. The highest BCUT2D eigenvalue weighted by Gasteiger charge is 2.25. The fourth-order valence-electron chi connectivity index (χ4n) is 3.84. The number of benzene rings is 1. The third kappa shape index (κ3) is 3.95. The van der Waals surface area contributed by atoms with Crippen LogP contribution in [0.1, 0.15) is 22.6 Å². The van der Waals surface area contributed by atoms with Crippen molar-refractivity contribution in [1.29, 1.82) is 0 Å². The van der Waals surface area contributed by atoms with E-state index in [4.69, 9.17) is 21.0 Å². The van der Waals surface area contributed by atoms with Crippen molar-refractivity contribution in [2.75, 3.05) is 6.61 Å². The average Bonchev–Trinajstić information content (AvgIpc) is 3.19. The van der Waals surface area contributed by atoms with Gasteiger partial charge in [-0.15, -0.1) is 6.42 Å². The molecule has 8 heteroatoms. The van der Waals surface area contributed by atoms with Gasteiger partial charge in [-0.05, 0) is 49.2 Å². The molecule has 1 aliphatic rings. The van der Waals surface area contributed by atoms with Gasteiger partial charge in [0.05, 0.1) is 25.5 Å². The molecule has 0 fully saturated rings. The number of ether oxygens (including phenoxy) is 2. The number of rotatable bonds is 4. The summed E-state index contributed by atoms with van der Waals surface area (Å²) in [5.41, 5.74) is 6.10. The number of halogens is 1. The highest BCUT2D eigenvalue weighted by atomic mass is 19.1. The second-order valence-corrected chi connectivity index (χ2v) is 7.70. The van der Waals surface area contributed by atoms with Gasteiger partial charge in [0, 0.05) is 29.2 Å². The van der Waals surface area contributed by atoms with Crippen LogP contribution in [0.25, 0.3) is 22.4 Å². The van der Waals surface area contributed by atoms with Crippen molar-refractivity contribution in [3.63, 3.8) is 0 Å². The summed E-state index contributed by atoms with van der Waals surface area (Å²) in [6.45, 7) is 5.34. The van der Waals surface area contributed by atoms with Gasteiger partial charge in [-0.3, -0.25) is 4.68 Å². The van der Waals surface area contributed by atoms with E-state index in [1.54, 1.807) is 30.6 Å². The lowest BCUT2D eigenvalue weighted by atomic mass is 9.97. The third-order valence-corrected chi connectivity index (χ3v) is 5.45.